The Morgan fingerprint density at radius 1 is 1.38 bits per heavy atom. The Balaban J connectivity index is 1.86. The molecule has 0 saturated heterocycles. The third-order valence-electron chi connectivity index (χ3n) is 4.83. The highest BCUT2D eigenvalue weighted by Crippen LogP contribution is 2.37. The smallest absolute Gasteiger partial charge is 0.339 e. The second-order valence-corrected chi connectivity index (χ2v) is 7.25. The van der Waals surface area contributed by atoms with Crippen LogP contribution in [0.5, 0.6) is 0 Å². The van der Waals surface area contributed by atoms with E-state index >= 15 is 0 Å². The minimum atomic E-state index is -0.880. The monoisotopic (exact) mass is 288 g/mol. The van der Waals surface area contributed by atoms with E-state index in [1.54, 1.807) is 0 Å². The quantitative estimate of drug-likeness (QED) is 0.891. The average Bonchev–Trinajstić information content (AvgIpc) is 2.83. The van der Waals surface area contributed by atoms with Crippen LogP contribution in [0.2, 0.25) is 0 Å². The van der Waals surface area contributed by atoms with E-state index in [1.807, 2.05) is 6.07 Å². The number of aromatic nitrogens is 1. The van der Waals surface area contributed by atoms with Gasteiger partial charge in [-0.1, -0.05) is 20.3 Å². The van der Waals surface area contributed by atoms with Crippen LogP contribution in [-0.4, -0.2) is 22.1 Å². The molecule has 21 heavy (non-hydrogen) atoms. The van der Waals surface area contributed by atoms with Crippen molar-refractivity contribution >= 4 is 11.8 Å². The number of nitrogens with zero attached hydrogens (tertiary/aromatic N) is 1. The summed E-state index contributed by atoms with van der Waals surface area (Å²) in [7, 11) is 0. The van der Waals surface area contributed by atoms with Crippen LogP contribution in [0.1, 0.15) is 67.6 Å². The molecule has 1 aromatic rings. The highest BCUT2D eigenvalue weighted by Gasteiger charge is 2.29. The fraction of sp³-hybridized carbons (Fsp3) is 0.647. The molecule has 0 amide bonds. The van der Waals surface area contributed by atoms with Gasteiger partial charge in [0.15, 0.2) is 0 Å². The van der Waals surface area contributed by atoms with Crippen molar-refractivity contribution in [3.05, 3.63) is 22.9 Å². The molecule has 1 fully saturated rings. The molecule has 0 aromatic carbocycles. The highest BCUT2D eigenvalue weighted by atomic mass is 16.4. The lowest BCUT2D eigenvalue weighted by Crippen LogP contribution is -2.32. The number of hydrogen-bond donors (Lipinski definition) is 2. The third kappa shape index (κ3) is 3.04. The Labute approximate surface area is 126 Å². The molecule has 1 atom stereocenters. The number of aromatic carboxylic acids is 1. The Kier molecular flexibility index (Phi) is 3.64. The maximum absolute atomic E-state index is 11.5. The van der Waals surface area contributed by atoms with Crippen molar-refractivity contribution in [2.75, 3.05) is 5.32 Å². The summed E-state index contributed by atoms with van der Waals surface area (Å²) >= 11 is 0. The Morgan fingerprint density at radius 2 is 2.19 bits per heavy atom. The summed E-state index contributed by atoms with van der Waals surface area (Å²) in [4.78, 5) is 16.1. The molecule has 1 heterocycles. The second-order valence-electron chi connectivity index (χ2n) is 7.25. The number of hydrogen-bond acceptors (Lipinski definition) is 3. The molecule has 1 aromatic heterocycles. The predicted octanol–water partition coefficient (Wildman–Crippen LogP) is 3.65. The number of aryl methyl sites for hydroxylation is 2. The largest absolute Gasteiger partial charge is 0.478 e. The molecule has 3 rings (SSSR count). The number of carbonyl (C=O) groups is 1. The molecule has 2 aliphatic carbocycles. The van der Waals surface area contributed by atoms with E-state index in [2.05, 4.69) is 24.1 Å². The van der Waals surface area contributed by atoms with Gasteiger partial charge in [0.2, 0.25) is 0 Å². The van der Waals surface area contributed by atoms with Gasteiger partial charge in [-0.3, -0.25) is 0 Å². The summed E-state index contributed by atoms with van der Waals surface area (Å²) < 4.78 is 0. The minimum absolute atomic E-state index is 0.329. The molecule has 114 valence electrons. The summed E-state index contributed by atoms with van der Waals surface area (Å²) in [6.45, 7) is 4.57. The normalized spacial score (nSPS) is 23.6. The lowest BCUT2D eigenvalue weighted by molar-refractivity contribution is 0.0697. The molecule has 0 bridgehead atoms. The summed E-state index contributed by atoms with van der Waals surface area (Å²) in [6, 6.07) is 2.16. The van der Waals surface area contributed by atoms with Crippen molar-refractivity contribution < 1.29 is 9.90 Å². The molecule has 4 nitrogen and oxygen atoms in total. The number of pyridine rings is 1. The van der Waals surface area contributed by atoms with Gasteiger partial charge in [-0.15, -0.1) is 0 Å². The maximum Gasteiger partial charge on any atom is 0.339 e. The molecular formula is C17H24N2O2. The summed E-state index contributed by atoms with van der Waals surface area (Å²) in [5.74, 6) is -0.305. The zero-order valence-electron chi connectivity index (χ0n) is 12.9. The highest BCUT2D eigenvalue weighted by molar-refractivity contribution is 5.93. The first-order chi connectivity index (χ1) is 9.94. The average molecular weight is 288 g/mol. The first-order valence-electron chi connectivity index (χ1n) is 7.97. The predicted molar refractivity (Wildman–Crippen MR) is 82.9 cm³/mol. The molecular weight excluding hydrogens is 264 g/mol. The first-order valence-corrected chi connectivity index (χ1v) is 7.97. The van der Waals surface area contributed by atoms with Gasteiger partial charge >= 0.3 is 5.97 Å². The summed E-state index contributed by atoms with van der Waals surface area (Å²) in [5, 5.41) is 12.9. The van der Waals surface area contributed by atoms with Crippen molar-refractivity contribution in [1.29, 1.82) is 0 Å². The van der Waals surface area contributed by atoms with E-state index < -0.39 is 5.97 Å². The van der Waals surface area contributed by atoms with Crippen molar-refractivity contribution in [3.63, 3.8) is 0 Å². The molecule has 1 saturated carbocycles. The molecule has 0 spiro atoms. The molecule has 0 aliphatic heterocycles. The number of rotatable bonds is 3. The van der Waals surface area contributed by atoms with Crippen LogP contribution in [0, 0.1) is 5.41 Å². The van der Waals surface area contributed by atoms with Crippen LogP contribution >= 0.6 is 0 Å². The lowest BCUT2D eigenvalue weighted by Gasteiger charge is -2.36. The second kappa shape index (κ2) is 5.32. The first kappa shape index (κ1) is 14.4. The van der Waals surface area contributed by atoms with Gasteiger partial charge in [0, 0.05) is 11.7 Å². The van der Waals surface area contributed by atoms with E-state index in [0.29, 0.717) is 22.8 Å². The third-order valence-corrected chi connectivity index (χ3v) is 4.83. The van der Waals surface area contributed by atoms with Gasteiger partial charge in [-0.05, 0) is 55.6 Å². The lowest BCUT2D eigenvalue weighted by atomic mass is 9.75. The van der Waals surface area contributed by atoms with Gasteiger partial charge in [0.25, 0.3) is 0 Å². The van der Waals surface area contributed by atoms with Gasteiger partial charge < -0.3 is 10.4 Å². The number of carboxylic acids is 1. The van der Waals surface area contributed by atoms with Crippen molar-refractivity contribution in [2.45, 2.75) is 64.8 Å². The van der Waals surface area contributed by atoms with Crippen LogP contribution < -0.4 is 5.32 Å². The van der Waals surface area contributed by atoms with Crippen LogP contribution in [0.25, 0.3) is 0 Å². The van der Waals surface area contributed by atoms with Crippen LogP contribution in [0.15, 0.2) is 6.07 Å². The Bertz CT molecular complexity index is 566. The zero-order valence-corrected chi connectivity index (χ0v) is 12.9. The van der Waals surface area contributed by atoms with Crippen molar-refractivity contribution in [2.24, 2.45) is 5.41 Å². The van der Waals surface area contributed by atoms with Gasteiger partial charge in [-0.25, -0.2) is 9.78 Å². The Morgan fingerprint density at radius 3 is 2.90 bits per heavy atom. The molecule has 2 aliphatic rings. The van der Waals surface area contributed by atoms with Gasteiger partial charge in [-0.2, -0.15) is 0 Å². The van der Waals surface area contributed by atoms with E-state index in [0.717, 1.165) is 43.4 Å². The van der Waals surface area contributed by atoms with Gasteiger partial charge in [0.05, 0.1) is 0 Å². The number of anilines is 1. The summed E-state index contributed by atoms with van der Waals surface area (Å²) in [6.07, 6.45) is 7.62. The van der Waals surface area contributed by atoms with Gasteiger partial charge in [0.1, 0.15) is 11.4 Å². The number of carboxylic acid groups (broad SMARTS) is 1. The van der Waals surface area contributed by atoms with Crippen LogP contribution in [-0.2, 0) is 12.8 Å². The van der Waals surface area contributed by atoms with E-state index in [1.165, 1.54) is 12.8 Å². The number of nitrogens with one attached hydrogen (secondary N) is 1. The van der Waals surface area contributed by atoms with Crippen LogP contribution in [0.3, 0.4) is 0 Å². The van der Waals surface area contributed by atoms with E-state index in [9.17, 15) is 9.90 Å². The van der Waals surface area contributed by atoms with E-state index in [-0.39, 0.29) is 0 Å². The topological polar surface area (TPSA) is 62.2 Å². The van der Waals surface area contributed by atoms with Crippen molar-refractivity contribution in [1.82, 2.24) is 4.98 Å². The SMILES string of the molecule is CC1(C)CCCC(Nc2nc3c(cc2C(=O)O)CCC3)C1. The molecule has 1 unspecified atom stereocenters. The fourth-order valence-corrected chi connectivity index (χ4v) is 3.76. The fourth-order valence-electron chi connectivity index (χ4n) is 3.76. The zero-order chi connectivity index (χ0) is 15.0. The van der Waals surface area contributed by atoms with Crippen molar-refractivity contribution in [3.8, 4) is 0 Å². The maximum atomic E-state index is 11.5. The molecule has 2 N–H and O–H groups in total. The van der Waals surface area contributed by atoms with Crippen LogP contribution in [0.4, 0.5) is 5.82 Å². The summed E-state index contributed by atoms with van der Waals surface area (Å²) in [5.41, 5.74) is 2.86. The standard InChI is InChI=1S/C17H24N2O2/c1-17(2)8-4-6-12(10-17)18-15-13(16(20)21)9-11-5-3-7-14(11)19-15/h9,12H,3-8,10H2,1-2H3,(H,18,19)(H,20,21). The molecule has 4 heteroatoms. The van der Waals surface area contributed by atoms with E-state index in [4.69, 9.17) is 0 Å². The minimum Gasteiger partial charge on any atom is -0.478 e. The number of fused-ring (bicyclic) bond motifs is 1. The molecule has 0 radical (unpaired) electrons. The Hall–Kier alpha value is -1.58.